The van der Waals surface area contributed by atoms with Crippen molar-refractivity contribution in [2.24, 2.45) is 0 Å². The topological polar surface area (TPSA) is 38.9 Å². The first kappa shape index (κ1) is 13.9. The van der Waals surface area contributed by atoms with E-state index in [1.165, 1.54) is 10.5 Å². The van der Waals surface area contributed by atoms with Crippen LogP contribution in [-0.2, 0) is 0 Å². The van der Waals surface area contributed by atoms with E-state index in [-0.39, 0.29) is 5.25 Å². The summed E-state index contributed by atoms with van der Waals surface area (Å²) < 4.78 is 5.41. The van der Waals surface area contributed by atoms with E-state index in [1.54, 1.807) is 11.8 Å². The molecule has 1 atom stereocenters. The summed E-state index contributed by atoms with van der Waals surface area (Å²) in [5.41, 5.74) is 2.23. The third-order valence-electron chi connectivity index (χ3n) is 3.22. The van der Waals surface area contributed by atoms with Crippen molar-refractivity contribution < 1.29 is 4.52 Å². The van der Waals surface area contributed by atoms with Gasteiger partial charge in [0, 0.05) is 10.5 Å². The first-order valence-electron chi connectivity index (χ1n) is 6.85. The lowest BCUT2D eigenvalue weighted by atomic mass is 10.2. The van der Waals surface area contributed by atoms with Crippen molar-refractivity contribution in [3.05, 3.63) is 66.1 Å². The van der Waals surface area contributed by atoms with Crippen molar-refractivity contribution in [1.82, 2.24) is 10.1 Å². The molecule has 0 bridgehead atoms. The van der Waals surface area contributed by atoms with E-state index >= 15 is 0 Å². The highest BCUT2D eigenvalue weighted by Crippen LogP contribution is 2.36. The van der Waals surface area contributed by atoms with Gasteiger partial charge in [-0.15, -0.1) is 11.8 Å². The second kappa shape index (κ2) is 6.14. The summed E-state index contributed by atoms with van der Waals surface area (Å²) in [6, 6.07) is 18.2. The number of thioether (sulfide) groups is 1. The summed E-state index contributed by atoms with van der Waals surface area (Å²) in [4.78, 5) is 5.75. The molecule has 0 fully saturated rings. The van der Waals surface area contributed by atoms with Gasteiger partial charge in [0.25, 0.3) is 0 Å². The van der Waals surface area contributed by atoms with Gasteiger partial charge in [0.05, 0.1) is 5.25 Å². The summed E-state index contributed by atoms with van der Waals surface area (Å²) in [6.45, 7) is 4.19. The number of aromatic nitrogens is 2. The minimum atomic E-state index is 0.121. The molecule has 0 amide bonds. The van der Waals surface area contributed by atoms with E-state index in [0.717, 1.165) is 5.56 Å². The van der Waals surface area contributed by atoms with Crippen LogP contribution in [0.25, 0.3) is 11.4 Å². The van der Waals surface area contributed by atoms with Crippen molar-refractivity contribution in [2.75, 3.05) is 0 Å². The Balaban J connectivity index is 1.79. The minimum Gasteiger partial charge on any atom is -0.338 e. The SMILES string of the molecule is Cc1ccccc1SC(C)c1nc(-c2ccccc2)no1. The molecule has 0 aliphatic carbocycles. The molecule has 21 heavy (non-hydrogen) atoms. The van der Waals surface area contributed by atoms with Crippen LogP contribution in [0.1, 0.15) is 23.6 Å². The molecule has 106 valence electrons. The first-order chi connectivity index (χ1) is 10.2. The Labute approximate surface area is 128 Å². The van der Waals surface area contributed by atoms with Gasteiger partial charge >= 0.3 is 0 Å². The third kappa shape index (κ3) is 3.16. The quantitative estimate of drug-likeness (QED) is 0.642. The lowest BCUT2D eigenvalue weighted by Gasteiger charge is -2.08. The summed E-state index contributed by atoms with van der Waals surface area (Å²) >= 11 is 1.74. The van der Waals surface area contributed by atoms with E-state index in [4.69, 9.17) is 4.52 Å². The molecule has 1 heterocycles. The number of benzene rings is 2. The predicted molar refractivity (Wildman–Crippen MR) is 85.2 cm³/mol. The first-order valence-corrected chi connectivity index (χ1v) is 7.73. The van der Waals surface area contributed by atoms with Crippen LogP contribution in [0.4, 0.5) is 0 Å². The second-order valence-electron chi connectivity index (χ2n) is 4.85. The highest BCUT2D eigenvalue weighted by Gasteiger charge is 2.17. The number of nitrogens with zero attached hydrogens (tertiary/aromatic N) is 2. The van der Waals surface area contributed by atoms with E-state index < -0.39 is 0 Å². The highest BCUT2D eigenvalue weighted by atomic mass is 32.2. The van der Waals surface area contributed by atoms with Gasteiger partial charge < -0.3 is 4.52 Å². The van der Waals surface area contributed by atoms with Crippen molar-refractivity contribution >= 4 is 11.8 Å². The van der Waals surface area contributed by atoms with Crippen LogP contribution in [0, 0.1) is 6.92 Å². The van der Waals surface area contributed by atoms with E-state index in [0.29, 0.717) is 11.7 Å². The number of hydrogen-bond donors (Lipinski definition) is 0. The zero-order valence-corrected chi connectivity index (χ0v) is 12.8. The molecule has 3 rings (SSSR count). The van der Waals surface area contributed by atoms with Gasteiger partial charge in [0.1, 0.15) is 0 Å². The van der Waals surface area contributed by atoms with E-state index in [1.807, 2.05) is 42.5 Å². The molecule has 0 saturated heterocycles. The Morgan fingerprint density at radius 1 is 1.00 bits per heavy atom. The molecule has 0 radical (unpaired) electrons. The van der Waals surface area contributed by atoms with Crippen molar-refractivity contribution in [3.63, 3.8) is 0 Å². The molecule has 1 aromatic heterocycles. The molecule has 2 aromatic carbocycles. The predicted octanol–water partition coefficient (Wildman–Crippen LogP) is 4.90. The number of hydrogen-bond acceptors (Lipinski definition) is 4. The molecule has 0 aliphatic rings. The van der Waals surface area contributed by atoms with Crippen LogP contribution >= 0.6 is 11.8 Å². The third-order valence-corrected chi connectivity index (χ3v) is 4.49. The molecule has 4 heteroatoms. The van der Waals surface area contributed by atoms with Crippen LogP contribution in [0.3, 0.4) is 0 Å². The van der Waals surface area contributed by atoms with E-state index in [2.05, 4.69) is 36.1 Å². The van der Waals surface area contributed by atoms with Crippen LogP contribution < -0.4 is 0 Å². The lowest BCUT2D eigenvalue weighted by Crippen LogP contribution is -1.90. The minimum absolute atomic E-state index is 0.121. The molecule has 0 spiro atoms. The zero-order valence-electron chi connectivity index (χ0n) is 12.0. The Kier molecular flexibility index (Phi) is 4.06. The largest absolute Gasteiger partial charge is 0.338 e. The summed E-state index contributed by atoms with van der Waals surface area (Å²) in [5, 5.41) is 4.19. The van der Waals surface area contributed by atoms with Gasteiger partial charge in [-0.3, -0.25) is 0 Å². The average Bonchev–Trinajstić information content (AvgIpc) is 3.00. The Morgan fingerprint density at radius 3 is 2.48 bits per heavy atom. The average molecular weight is 296 g/mol. The number of aryl methyl sites for hydroxylation is 1. The van der Waals surface area contributed by atoms with E-state index in [9.17, 15) is 0 Å². The molecule has 3 nitrogen and oxygen atoms in total. The standard InChI is InChI=1S/C17H16N2OS/c1-12-8-6-7-11-15(12)21-13(2)17-18-16(19-20-17)14-9-4-3-5-10-14/h3-11,13H,1-2H3. The number of rotatable bonds is 4. The maximum Gasteiger partial charge on any atom is 0.240 e. The van der Waals surface area contributed by atoms with Crippen LogP contribution in [0.5, 0.6) is 0 Å². The highest BCUT2D eigenvalue weighted by molar-refractivity contribution is 7.99. The molecule has 0 N–H and O–H groups in total. The molecular weight excluding hydrogens is 280 g/mol. The van der Waals surface area contributed by atoms with Gasteiger partial charge in [0.15, 0.2) is 0 Å². The van der Waals surface area contributed by atoms with Crippen LogP contribution in [-0.4, -0.2) is 10.1 Å². The summed E-state index contributed by atoms with van der Waals surface area (Å²) in [5.74, 6) is 1.30. The van der Waals surface area contributed by atoms with Gasteiger partial charge in [-0.25, -0.2) is 0 Å². The molecule has 3 aromatic rings. The van der Waals surface area contributed by atoms with Crippen LogP contribution in [0.15, 0.2) is 64.0 Å². The van der Waals surface area contributed by atoms with Gasteiger partial charge in [-0.05, 0) is 25.5 Å². The maximum atomic E-state index is 5.41. The van der Waals surface area contributed by atoms with Crippen molar-refractivity contribution in [1.29, 1.82) is 0 Å². The summed E-state index contributed by atoms with van der Waals surface area (Å²) in [7, 11) is 0. The maximum absolute atomic E-state index is 5.41. The van der Waals surface area contributed by atoms with Crippen molar-refractivity contribution in [2.45, 2.75) is 24.0 Å². The Bertz CT molecular complexity index is 724. The Hall–Kier alpha value is -2.07. The molecule has 1 unspecified atom stereocenters. The monoisotopic (exact) mass is 296 g/mol. The van der Waals surface area contributed by atoms with Crippen LogP contribution in [0.2, 0.25) is 0 Å². The fourth-order valence-corrected chi connectivity index (χ4v) is 3.02. The second-order valence-corrected chi connectivity index (χ2v) is 6.23. The molecule has 0 saturated carbocycles. The molecule has 0 aliphatic heterocycles. The fourth-order valence-electron chi connectivity index (χ4n) is 2.03. The lowest BCUT2D eigenvalue weighted by molar-refractivity contribution is 0.381. The van der Waals surface area contributed by atoms with Gasteiger partial charge in [-0.2, -0.15) is 4.98 Å². The summed E-state index contributed by atoms with van der Waals surface area (Å²) in [6.07, 6.45) is 0. The Morgan fingerprint density at radius 2 is 1.71 bits per heavy atom. The smallest absolute Gasteiger partial charge is 0.240 e. The van der Waals surface area contributed by atoms with Gasteiger partial charge in [-0.1, -0.05) is 53.7 Å². The zero-order chi connectivity index (χ0) is 14.7. The van der Waals surface area contributed by atoms with Crippen molar-refractivity contribution in [3.8, 4) is 11.4 Å². The molecular formula is C17H16N2OS. The fraction of sp³-hybridized carbons (Fsp3) is 0.176. The van der Waals surface area contributed by atoms with Gasteiger partial charge in [0.2, 0.25) is 11.7 Å². The normalized spacial score (nSPS) is 12.3.